The van der Waals surface area contributed by atoms with Gasteiger partial charge in [-0.1, -0.05) is 150 Å². The van der Waals surface area contributed by atoms with Gasteiger partial charge in [-0.3, -0.25) is 4.57 Å². The van der Waals surface area contributed by atoms with Crippen molar-refractivity contribution in [3.05, 3.63) is 164 Å². The molecule has 10 aromatic rings. The first kappa shape index (κ1) is 34.1. The van der Waals surface area contributed by atoms with Crippen LogP contribution in [0.4, 0.5) is 0 Å². The normalized spacial score (nSPS) is 11.6. The van der Waals surface area contributed by atoms with Gasteiger partial charge in [0.2, 0.25) is 0 Å². The summed E-state index contributed by atoms with van der Waals surface area (Å²) in [6, 6.07) is 59.7. The van der Waals surface area contributed by atoms with Crippen LogP contribution in [0.3, 0.4) is 0 Å². The quantitative estimate of drug-likeness (QED) is 0.191. The van der Waals surface area contributed by atoms with Crippen LogP contribution in [0.5, 0.6) is 0 Å². The molecule has 0 fully saturated rings. The minimum atomic E-state index is 0.934. The molecule has 0 unspecified atom stereocenters. The van der Waals surface area contributed by atoms with Crippen molar-refractivity contribution in [2.75, 3.05) is 0 Å². The SMILES string of the molecule is Bc1c(B)c(B)c(-c2cccc(-c3c4ccccc4c(-c4ccc(-c5nc6ccccc6n5-c5cccc6ccccc56)cc4)c4ccccc34)c2)c(B)c1B. The van der Waals surface area contributed by atoms with E-state index in [1.807, 2.05) is 0 Å². The summed E-state index contributed by atoms with van der Waals surface area (Å²) in [5.41, 5.74) is 18.7. The maximum absolute atomic E-state index is 5.23. The molecule has 7 heteroatoms. The summed E-state index contributed by atoms with van der Waals surface area (Å²) in [6.45, 7) is 0. The molecule has 0 N–H and O–H groups in total. The Morgan fingerprint density at radius 2 is 0.821 bits per heavy atom. The summed E-state index contributed by atoms with van der Waals surface area (Å²) in [7, 11) is 11.3. The number of imidazole rings is 1. The van der Waals surface area contributed by atoms with Crippen molar-refractivity contribution in [3.63, 3.8) is 0 Å². The van der Waals surface area contributed by atoms with Crippen molar-refractivity contribution < 1.29 is 0 Å². The lowest BCUT2D eigenvalue weighted by Crippen LogP contribution is -2.55. The molecule has 0 radical (unpaired) electrons. The number of fused-ring (bicyclic) bond motifs is 4. The van der Waals surface area contributed by atoms with E-state index < -0.39 is 0 Å². The monoisotopic (exact) mass is 708 g/mol. The average Bonchev–Trinajstić information content (AvgIpc) is 3.63. The number of rotatable bonds is 5. The minimum Gasteiger partial charge on any atom is -0.292 e. The van der Waals surface area contributed by atoms with Crippen molar-refractivity contribution >= 4 is 110 Å². The van der Waals surface area contributed by atoms with Gasteiger partial charge in [-0.05, 0) is 84.6 Å². The van der Waals surface area contributed by atoms with E-state index in [4.69, 9.17) is 4.98 Å². The summed E-state index contributed by atoms with van der Waals surface area (Å²) >= 11 is 0. The molecule has 0 spiro atoms. The van der Waals surface area contributed by atoms with Gasteiger partial charge in [-0.2, -0.15) is 0 Å². The Bertz CT molecular complexity index is 3110. The van der Waals surface area contributed by atoms with E-state index in [0.29, 0.717) is 0 Å². The zero-order valence-electron chi connectivity index (χ0n) is 32.5. The Hall–Kier alpha value is -6.45. The first-order valence-electron chi connectivity index (χ1n) is 19.6. The maximum Gasteiger partial charge on any atom is 0.145 e. The van der Waals surface area contributed by atoms with Gasteiger partial charge in [0.25, 0.3) is 0 Å². The zero-order valence-corrected chi connectivity index (χ0v) is 32.5. The minimum absolute atomic E-state index is 0.934. The van der Waals surface area contributed by atoms with E-state index >= 15 is 0 Å². The first-order chi connectivity index (χ1) is 27.4. The van der Waals surface area contributed by atoms with Crippen LogP contribution in [0.2, 0.25) is 0 Å². The van der Waals surface area contributed by atoms with Crippen molar-refractivity contribution in [3.8, 4) is 50.5 Å². The highest BCUT2D eigenvalue weighted by atomic mass is 15.1. The topological polar surface area (TPSA) is 17.8 Å². The molecule has 56 heavy (non-hydrogen) atoms. The van der Waals surface area contributed by atoms with Crippen molar-refractivity contribution in [2.45, 2.75) is 0 Å². The number of nitrogens with zero attached hydrogens (tertiary/aromatic N) is 2. The van der Waals surface area contributed by atoms with Gasteiger partial charge < -0.3 is 0 Å². The number of para-hydroxylation sites is 2. The van der Waals surface area contributed by atoms with Gasteiger partial charge >= 0.3 is 0 Å². The predicted molar refractivity (Wildman–Crippen MR) is 256 cm³/mol. The molecule has 0 amide bonds. The molecule has 0 atom stereocenters. The van der Waals surface area contributed by atoms with Crippen LogP contribution in [-0.4, -0.2) is 48.8 Å². The molecular weight excluding hydrogens is 671 g/mol. The Morgan fingerprint density at radius 1 is 0.357 bits per heavy atom. The van der Waals surface area contributed by atoms with Crippen molar-refractivity contribution in [1.82, 2.24) is 9.55 Å². The third kappa shape index (κ3) is 5.29. The second-order valence-electron chi connectivity index (χ2n) is 15.3. The van der Waals surface area contributed by atoms with E-state index in [1.165, 1.54) is 93.0 Å². The molecule has 0 aliphatic heterocycles. The molecule has 9 aromatic carbocycles. The summed E-state index contributed by atoms with van der Waals surface area (Å²) in [5, 5.41) is 7.42. The molecule has 2 nitrogen and oxygen atoms in total. The fraction of sp³-hybridized carbons (Fsp3) is 0. The largest absolute Gasteiger partial charge is 0.292 e. The molecule has 0 saturated carbocycles. The molecule has 0 bridgehead atoms. The van der Waals surface area contributed by atoms with Gasteiger partial charge in [-0.15, -0.1) is 16.4 Å². The van der Waals surface area contributed by atoms with Crippen LogP contribution in [0, 0.1) is 0 Å². The van der Waals surface area contributed by atoms with E-state index in [9.17, 15) is 0 Å². The lowest BCUT2D eigenvalue weighted by Gasteiger charge is -2.22. The second kappa shape index (κ2) is 13.4. The first-order valence-corrected chi connectivity index (χ1v) is 19.6. The Kier molecular flexibility index (Phi) is 8.15. The Morgan fingerprint density at radius 3 is 1.46 bits per heavy atom. The fourth-order valence-corrected chi connectivity index (χ4v) is 9.17. The van der Waals surface area contributed by atoms with Gasteiger partial charge in [-0.25, -0.2) is 4.98 Å². The number of aromatic nitrogens is 2. The van der Waals surface area contributed by atoms with Gasteiger partial charge in [0.1, 0.15) is 45.1 Å². The fourth-order valence-electron chi connectivity index (χ4n) is 9.17. The summed E-state index contributed by atoms with van der Waals surface area (Å²) in [4.78, 5) is 5.23. The molecule has 258 valence electrons. The van der Waals surface area contributed by atoms with Gasteiger partial charge in [0.05, 0.1) is 16.7 Å². The summed E-state index contributed by atoms with van der Waals surface area (Å²) in [6.07, 6.45) is 0. The van der Waals surface area contributed by atoms with E-state index in [0.717, 1.165) is 28.1 Å². The van der Waals surface area contributed by atoms with E-state index in [1.54, 1.807) is 0 Å². The zero-order chi connectivity index (χ0) is 38.1. The van der Waals surface area contributed by atoms with Crippen LogP contribution in [0.25, 0.3) is 93.8 Å². The standard InChI is InChI=1S/C49H37B5N2/c50-44-43(45(51)47(53)48(54)46(44)52)32-14-9-13-31(27-32)42-36-18-5-3-16-34(36)41(35-17-4-6-19-37(35)42)29-23-25-30(26-24-29)49-55-38-20-7-8-21-40(38)56(49)39-22-10-12-28-11-1-2-15-33(28)39/h1-27H,50-54H2. The molecule has 0 saturated heterocycles. The average molecular weight is 708 g/mol. The number of benzene rings is 9. The van der Waals surface area contributed by atoms with E-state index in [2.05, 4.69) is 208 Å². The highest BCUT2D eigenvalue weighted by Crippen LogP contribution is 2.44. The van der Waals surface area contributed by atoms with Crippen molar-refractivity contribution in [1.29, 1.82) is 0 Å². The molecule has 1 heterocycles. The Balaban J connectivity index is 1.15. The molecule has 1 aromatic heterocycles. The predicted octanol–water partition coefficient (Wildman–Crippen LogP) is 4.45. The molecule has 10 rings (SSSR count). The van der Waals surface area contributed by atoms with Crippen molar-refractivity contribution in [2.24, 2.45) is 0 Å². The molecule has 0 aliphatic rings. The number of hydrogen-bond acceptors (Lipinski definition) is 1. The highest BCUT2D eigenvalue weighted by molar-refractivity contribution is 6.68. The third-order valence-corrected chi connectivity index (χ3v) is 12.4. The van der Waals surface area contributed by atoms with Crippen LogP contribution in [0.1, 0.15) is 0 Å². The van der Waals surface area contributed by atoms with Gasteiger partial charge in [0.15, 0.2) is 0 Å². The highest BCUT2D eigenvalue weighted by Gasteiger charge is 2.20. The van der Waals surface area contributed by atoms with Crippen LogP contribution in [0.15, 0.2) is 164 Å². The smallest absolute Gasteiger partial charge is 0.145 e. The molecular formula is C49H37B5N2. The van der Waals surface area contributed by atoms with E-state index in [-0.39, 0.29) is 0 Å². The van der Waals surface area contributed by atoms with Crippen LogP contribution in [-0.2, 0) is 0 Å². The van der Waals surface area contributed by atoms with Crippen LogP contribution < -0.4 is 27.3 Å². The number of hydrogen-bond donors (Lipinski definition) is 0. The Labute approximate surface area is 332 Å². The molecule has 0 aliphatic carbocycles. The summed E-state index contributed by atoms with van der Waals surface area (Å²) in [5.74, 6) is 0.934. The third-order valence-electron chi connectivity index (χ3n) is 12.4. The lowest BCUT2D eigenvalue weighted by atomic mass is 9.59. The second-order valence-corrected chi connectivity index (χ2v) is 15.3. The maximum atomic E-state index is 5.23. The van der Waals surface area contributed by atoms with Crippen LogP contribution >= 0.6 is 0 Å². The van der Waals surface area contributed by atoms with Gasteiger partial charge in [0, 0.05) is 10.9 Å². The summed E-state index contributed by atoms with van der Waals surface area (Å²) < 4.78 is 2.32. The lowest BCUT2D eigenvalue weighted by molar-refractivity contribution is 1.11.